The molecule has 37 heavy (non-hydrogen) atoms. The van der Waals surface area contributed by atoms with Crippen molar-refractivity contribution in [1.82, 2.24) is 20.6 Å². The number of nitrogens with two attached hydrogens (primary N) is 1. The predicted molar refractivity (Wildman–Crippen MR) is 141 cm³/mol. The van der Waals surface area contributed by atoms with E-state index in [1.54, 1.807) is 17.0 Å². The van der Waals surface area contributed by atoms with Crippen LogP contribution < -0.4 is 37.5 Å². The third-order valence-electron chi connectivity index (χ3n) is 5.51. The Labute approximate surface area is 216 Å². The molecule has 15 heteroatoms. The third-order valence-corrected chi connectivity index (χ3v) is 5.85. The van der Waals surface area contributed by atoms with E-state index in [0.717, 1.165) is 0 Å². The van der Waals surface area contributed by atoms with Gasteiger partial charge >= 0.3 is 11.9 Å². The molecule has 1 aliphatic rings. The number of carboxylic acids is 2. The highest BCUT2D eigenvalue weighted by atomic mass is 32.1. The molecule has 1 aliphatic heterocycles. The van der Waals surface area contributed by atoms with Gasteiger partial charge in [0, 0.05) is 37.3 Å². The van der Waals surface area contributed by atoms with Crippen LogP contribution in [0.5, 0.6) is 0 Å². The number of fused-ring (bicyclic) bond motifs is 1. The standard InChI is InChI=1S/C22H28N8O6S/c1-2-24-22(37)30-13(10-26-17-16(30)19(34)29-21(23)28-17)9-25-12-5-3-11(4-6-12)18(33)27-14(20(35)36)7-8-15(31)32/h3-6,13-14,25H,2,7-10H2,1H3,(H,24,37)(H,27,33)(H,31,32)(H,35,36)(H4,23,26,28,29,34)/t13?,14-/m0/s1. The normalized spacial score (nSPS) is 15.1. The van der Waals surface area contributed by atoms with E-state index in [4.69, 9.17) is 23.1 Å². The molecule has 2 aromatic rings. The van der Waals surface area contributed by atoms with Crippen molar-refractivity contribution in [2.75, 3.05) is 40.9 Å². The summed E-state index contributed by atoms with van der Waals surface area (Å²) in [5.41, 5.74) is 6.37. The van der Waals surface area contributed by atoms with Crippen molar-refractivity contribution in [3.8, 4) is 0 Å². The molecule has 9 N–H and O–H groups in total. The van der Waals surface area contributed by atoms with Gasteiger partial charge in [0.05, 0.1) is 6.04 Å². The highest BCUT2D eigenvalue weighted by Crippen LogP contribution is 2.27. The van der Waals surface area contributed by atoms with Gasteiger partial charge in [-0.05, 0) is 49.8 Å². The van der Waals surface area contributed by atoms with Gasteiger partial charge in [-0.25, -0.2) is 4.79 Å². The summed E-state index contributed by atoms with van der Waals surface area (Å²) < 4.78 is 0. The predicted octanol–water partition coefficient (Wildman–Crippen LogP) is 0.00690. The van der Waals surface area contributed by atoms with E-state index in [1.807, 2.05) is 6.92 Å². The highest BCUT2D eigenvalue weighted by molar-refractivity contribution is 7.80. The summed E-state index contributed by atoms with van der Waals surface area (Å²) >= 11 is 5.51. The lowest BCUT2D eigenvalue weighted by Crippen LogP contribution is -2.56. The number of thiocarbonyl (C=S) groups is 1. The van der Waals surface area contributed by atoms with Gasteiger partial charge in [0.2, 0.25) is 5.95 Å². The third kappa shape index (κ3) is 6.84. The molecule has 1 aromatic carbocycles. The quantitative estimate of drug-likeness (QED) is 0.189. The summed E-state index contributed by atoms with van der Waals surface area (Å²) in [5, 5.41) is 30.1. The highest BCUT2D eigenvalue weighted by Gasteiger charge is 2.32. The Morgan fingerprint density at radius 2 is 1.97 bits per heavy atom. The van der Waals surface area contributed by atoms with Crippen LogP contribution in [0.25, 0.3) is 0 Å². The summed E-state index contributed by atoms with van der Waals surface area (Å²) in [4.78, 5) is 55.5. The second-order valence-corrected chi connectivity index (χ2v) is 8.53. The molecule has 0 spiro atoms. The van der Waals surface area contributed by atoms with E-state index in [2.05, 4.69) is 31.2 Å². The van der Waals surface area contributed by atoms with Gasteiger partial charge < -0.3 is 42.1 Å². The lowest BCUT2D eigenvalue weighted by molar-refractivity contribution is -0.140. The molecule has 0 fully saturated rings. The average Bonchev–Trinajstić information content (AvgIpc) is 2.84. The second kappa shape index (κ2) is 12.0. The number of nitrogen functional groups attached to an aromatic ring is 1. The second-order valence-electron chi connectivity index (χ2n) is 8.14. The van der Waals surface area contributed by atoms with Gasteiger partial charge in [0.15, 0.2) is 16.6 Å². The number of aliphatic carboxylic acids is 2. The Hall–Kier alpha value is -4.40. The minimum atomic E-state index is -1.32. The van der Waals surface area contributed by atoms with Crippen molar-refractivity contribution >= 4 is 58.3 Å². The summed E-state index contributed by atoms with van der Waals surface area (Å²) in [6.07, 6.45) is -0.616. The molecule has 0 radical (unpaired) electrons. The Bertz CT molecular complexity index is 1230. The molecular weight excluding hydrogens is 504 g/mol. The molecule has 0 saturated carbocycles. The zero-order valence-corrected chi connectivity index (χ0v) is 20.7. The summed E-state index contributed by atoms with van der Waals surface area (Å²) in [6.45, 7) is 3.22. The van der Waals surface area contributed by atoms with Crippen LogP contribution in [0.2, 0.25) is 0 Å². The van der Waals surface area contributed by atoms with Gasteiger partial charge in [-0.3, -0.25) is 19.4 Å². The minimum Gasteiger partial charge on any atom is -0.481 e. The van der Waals surface area contributed by atoms with Gasteiger partial charge in [0.1, 0.15) is 6.04 Å². The lowest BCUT2D eigenvalue weighted by atomic mass is 10.1. The van der Waals surface area contributed by atoms with Gasteiger partial charge in [-0.15, -0.1) is 0 Å². The van der Waals surface area contributed by atoms with Gasteiger partial charge in [0.25, 0.3) is 11.5 Å². The van der Waals surface area contributed by atoms with Crippen LogP contribution in [0, 0.1) is 0 Å². The fourth-order valence-electron chi connectivity index (χ4n) is 3.73. The number of nitrogens with zero attached hydrogens (tertiary/aromatic N) is 2. The maximum absolute atomic E-state index is 12.6. The minimum absolute atomic E-state index is 0.0113. The zero-order chi connectivity index (χ0) is 27.1. The number of benzene rings is 1. The van der Waals surface area contributed by atoms with Crippen LogP contribution in [-0.2, 0) is 9.59 Å². The first kappa shape index (κ1) is 27.2. The molecule has 14 nitrogen and oxygen atoms in total. The SMILES string of the molecule is CCNC(=S)N1c2c(nc(N)[nH]c2=O)NCC1CNc1ccc(C(=O)N[C@@H](CCC(=O)O)C(=O)O)cc1. The van der Waals surface area contributed by atoms with Crippen LogP contribution in [-0.4, -0.2) is 74.9 Å². The van der Waals surface area contributed by atoms with Crippen LogP contribution >= 0.6 is 12.2 Å². The number of anilines is 4. The molecule has 1 amide bonds. The fraction of sp³-hybridized carbons (Fsp3) is 0.364. The average molecular weight is 533 g/mol. The number of H-pyrrole nitrogens is 1. The van der Waals surface area contributed by atoms with E-state index in [-0.39, 0.29) is 36.1 Å². The molecule has 0 saturated heterocycles. The fourth-order valence-corrected chi connectivity index (χ4v) is 4.11. The van der Waals surface area contributed by atoms with Crippen molar-refractivity contribution in [2.24, 2.45) is 0 Å². The molecular formula is C22H28N8O6S. The van der Waals surface area contributed by atoms with Crippen molar-refractivity contribution in [1.29, 1.82) is 0 Å². The summed E-state index contributed by atoms with van der Waals surface area (Å²) in [7, 11) is 0. The number of aromatic nitrogens is 2. The van der Waals surface area contributed by atoms with Crippen LogP contribution in [0.3, 0.4) is 0 Å². The Balaban J connectivity index is 1.68. The van der Waals surface area contributed by atoms with Gasteiger partial charge in [-0.1, -0.05) is 0 Å². The molecule has 2 atom stereocenters. The lowest BCUT2D eigenvalue weighted by Gasteiger charge is -2.38. The molecule has 1 aromatic heterocycles. The first-order valence-electron chi connectivity index (χ1n) is 11.4. The van der Waals surface area contributed by atoms with E-state index < -0.39 is 29.4 Å². The van der Waals surface area contributed by atoms with E-state index in [0.29, 0.717) is 36.3 Å². The number of carbonyl (C=O) groups excluding carboxylic acids is 1. The maximum atomic E-state index is 12.6. The topological polar surface area (TPSA) is 215 Å². The number of hydrogen-bond donors (Lipinski definition) is 8. The molecule has 198 valence electrons. The number of aromatic amines is 1. The van der Waals surface area contributed by atoms with Crippen molar-refractivity contribution in [3.63, 3.8) is 0 Å². The van der Waals surface area contributed by atoms with E-state index in [1.165, 1.54) is 12.1 Å². The first-order chi connectivity index (χ1) is 17.6. The molecule has 2 heterocycles. The van der Waals surface area contributed by atoms with Crippen molar-refractivity contribution in [2.45, 2.75) is 31.8 Å². The number of carboxylic acid groups (broad SMARTS) is 2. The number of carbonyl (C=O) groups is 3. The van der Waals surface area contributed by atoms with E-state index in [9.17, 15) is 24.3 Å². The monoisotopic (exact) mass is 532 g/mol. The van der Waals surface area contributed by atoms with Crippen LogP contribution in [0.1, 0.15) is 30.1 Å². The first-order valence-corrected chi connectivity index (χ1v) is 11.8. The van der Waals surface area contributed by atoms with E-state index >= 15 is 0 Å². The maximum Gasteiger partial charge on any atom is 0.326 e. The summed E-state index contributed by atoms with van der Waals surface area (Å²) in [6, 6.07) is 4.73. The number of hydrogen-bond acceptors (Lipinski definition) is 9. The van der Waals surface area contributed by atoms with Crippen molar-refractivity contribution in [3.05, 3.63) is 40.2 Å². The Kier molecular flexibility index (Phi) is 8.84. The van der Waals surface area contributed by atoms with Crippen LogP contribution in [0.4, 0.5) is 23.1 Å². The zero-order valence-electron chi connectivity index (χ0n) is 19.9. The number of amides is 1. The number of nitrogens with one attached hydrogen (secondary N) is 5. The smallest absolute Gasteiger partial charge is 0.326 e. The Morgan fingerprint density at radius 1 is 1.27 bits per heavy atom. The summed E-state index contributed by atoms with van der Waals surface area (Å²) in [5.74, 6) is -2.78. The molecule has 0 bridgehead atoms. The molecule has 0 aliphatic carbocycles. The molecule has 3 rings (SSSR count). The number of rotatable bonds is 10. The molecule has 1 unspecified atom stereocenters. The van der Waals surface area contributed by atoms with Crippen molar-refractivity contribution < 1.29 is 24.6 Å². The van der Waals surface area contributed by atoms with Crippen LogP contribution in [0.15, 0.2) is 29.1 Å². The Morgan fingerprint density at radius 3 is 2.59 bits per heavy atom. The van der Waals surface area contributed by atoms with Gasteiger partial charge in [-0.2, -0.15) is 4.98 Å². The largest absolute Gasteiger partial charge is 0.481 e.